The smallest absolute Gasteiger partial charge is 0.222 e. The molecule has 3 aromatic carbocycles. The Morgan fingerprint density at radius 2 is 1.38 bits per heavy atom. The molecule has 0 spiro atoms. The van der Waals surface area contributed by atoms with E-state index in [1.165, 1.54) is 11.8 Å². The zero-order valence-electron chi connectivity index (χ0n) is 15.0. The minimum absolute atomic E-state index is 0.00543. The van der Waals surface area contributed by atoms with Gasteiger partial charge >= 0.3 is 0 Å². The van der Waals surface area contributed by atoms with Crippen LogP contribution in [0.5, 0.6) is 0 Å². The maximum Gasteiger partial charge on any atom is 0.222 e. The van der Waals surface area contributed by atoms with Crippen molar-refractivity contribution in [1.82, 2.24) is 9.97 Å². The van der Waals surface area contributed by atoms with Crippen LogP contribution in [0.4, 0.5) is 16.2 Å². The Morgan fingerprint density at radius 1 is 0.828 bits per heavy atom. The zero-order valence-corrected chi connectivity index (χ0v) is 16.6. The minimum Gasteiger partial charge on any atom is -0.383 e. The molecule has 4 aromatic rings. The highest BCUT2D eigenvalue weighted by Gasteiger charge is 2.25. The number of anilines is 2. The Labute approximate surface area is 175 Å². The summed E-state index contributed by atoms with van der Waals surface area (Å²) >= 11 is 2.48. The number of nitrogens with two attached hydrogens (primary N) is 2. The monoisotopic (exact) mass is 419 g/mol. The van der Waals surface area contributed by atoms with Crippen LogP contribution >= 0.6 is 23.5 Å². The van der Waals surface area contributed by atoms with E-state index in [9.17, 15) is 5.26 Å². The Morgan fingerprint density at radius 3 is 1.93 bits per heavy atom. The number of nitrogens with zero attached hydrogens (tertiary/aromatic N) is 3. The van der Waals surface area contributed by atoms with Gasteiger partial charge in [-0.3, -0.25) is 0 Å². The van der Waals surface area contributed by atoms with Crippen LogP contribution in [-0.4, -0.2) is 9.97 Å². The lowest BCUT2D eigenvalue weighted by Crippen LogP contribution is -2.05. The van der Waals surface area contributed by atoms with Gasteiger partial charge in [0.2, 0.25) is 5.95 Å². The van der Waals surface area contributed by atoms with E-state index in [1.807, 2.05) is 60.7 Å². The molecule has 1 aromatic heterocycles. The largest absolute Gasteiger partial charge is 0.383 e. The summed E-state index contributed by atoms with van der Waals surface area (Å²) in [7, 11) is 0. The highest BCUT2D eigenvalue weighted by atomic mass is 32.2. The average Bonchev–Trinajstić information content (AvgIpc) is 2.73. The van der Waals surface area contributed by atoms with E-state index in [1.54, 1.807) is 0 Å². The molecule has 4 rings (SSSR count). The molecule has 0 aliphatic rings. The van der Waals surface area contributed by atoms with Gasteiger partial charge in [-0.25, -0.2) is 9.37 Å². The lowest BCUT2D eigenvalue weighted by Gasteiger charge is -2.15. The molecule has 8 heteroatoms. The van der Waals surface area contributed by atoms with E-state index in [0.29, 0.717) is 10.3 Å². The number of nitriles is 1. The number of fused-ring (bicyclic) bond motifs is 1. The van der Waals surface area contributed by atoms with Gasteiger partial charge in [-0.05, 0) is 24.3 Å². The van der Waals surface area contributed by atoms with Crippen LogP contribution in [0.15, 0.2) is 80.2 Å². The second kappa shape index (κ2) is 7.99. The van der Waals surface area contributed by atoms with Crippen molar-refractivity contribution in [2.24, 2.45) is 0 Å². The van der Waals surface area contributed by atoms with E-state index in [-0.39, 0.29) is 27.7 Å². The number of aromatic nitrogens is 2. The second-order valence-electron chi connectivity index (χ2n) is 5.98. The molecule has 0 saturated carbocycles. The molecule has 142 valence electrons. The van der Waals surface area contributed by atoms with Crippen molar-refractivity contribution in [2.45, 2.75) is 19.6 Å². The summed E-state index contributed by atoms with van der Waals surface area (Å²) < 4.78 is 15.5. The van der Waals surface area contributed by atoms with E-state index in [4.69, 9.17) is 11.5 Å². The van der Waals surface area contributed by atoms with Crippen molar-refractivity contribution in [3.8, 4) is 6.07 Å². The maximum absolute atomic E-state index is 15.5. The van der Waals surface area contributed by atoms with E-state index in [0.717, 1.165) is 21.6 Å². The van der Waals surface area contributed by atoms with Crippen LogP contribution in [0, 0.1) is 17.1 Å². The Balaban J connectivity index is 2.02. The molecule has 0 aliphatic carbocycles. The summed E-state index contributed by atoms with van der Waals surface area (Å²) in [5.74, 6) is -0.717. The predicted molar refractivity (Wildman–Crippen MR) is 114 cm³/mol. The average molecular weight is 420 g/mol. The Hall–Kier alpha value is -3.28. The third-order valence-corrected chi connectivity index (χ3v) is 6.30. The highest BCUT2D eigenvalue weighted by molar-refractivity contribution is 8.00. The molecule has 0 radical (unpaired) electrons. The van der Waals surface area contributed by atoms with Gasteiger partial charge < -0.3 is 11.5 Å². The molecule has 1 heterocycles. The summed E-state index contributed by atoms with van der Waals surface area (Å²) in [5.41, 5.74) is 12.0. The standard InChI is InChI=1S/C21H14FN5S2/c22-16-17-15(20(24)27-21(25)26-17)18(28-12-7-3-1-4-8-12)14(11-23)19(16)29-13-9-5-2-6-10-13/h1-10H,(H4,24,25,26,27). The van der Waals surface area contributed by atoms with E-state index < -0.39 is 5.82 Å². The first-order valence-electron chi connectivity index (χ1n) is 8.52. The van der Waals surface area contributed by atoms with Gasteiger partial charge in [0.15, 0.2) is 5.82 Å². The topological polar surface area (TPSA) is 102 Å². The number of hydrogen-bond acceptors (Lipinski definition) is 7. The van der Waals surface area contributed by atoms with Crippen LogP contribution in [0.1, 0.15) is 5.56 Å². The number of hydrogen-bond donors (Lipinski definition) is 2. The van der Waals surface area contributed by atoms with Crippen LogP contribution in [0.3, 0.4) is 0 Å². The van der Waals surface area contributed by atoms with Gasteiger partial charge in [0.1, 0.15) is 17.4 Å². The number of nitrogen functional groups attached to an aromatic ring is 2. The van der Waals surface area contributed by atoms with Crippen LogP contribution < -0.4 is 11.5 Å². The SMILES string of the molecule is N#Cc1c(Sc2ccccc2)c(F)c2nc(N)nc(N)c2c1Sc1ccccc1. The zero-order chi connectivity index (χ0) is 20.4. The summed E-state index contributed by atoms with van der Waals surface area (Å²) in [5, 5.41) is 10.2. The normalized spacial score (nSPS) is 10.8. The predicted octanol–water partition coefficient (Wildman–Crippen LogP) is 5.11. The van der Waals surface area contributed by atoms with Crippen LogP contribution in [-0.2, 0) is 0 Å². The molecule has 0 atom stereocenters. The van der Waals surface area contributed by atoms with Crippen molar-refractivity contribution >= 4 is 46.2 Å². The molecule has 5 nitrogen and oxygen atoms in total. The third-order valence-electron chi connectivity index (χ3n) is 4.08. The third kappa shape index (κ3) is 3.70. The molecule has 0 amide bonds. The van der Waals surface area contributed by atoms with Crippen LogP contribution in [0.25, 0.3) is 10.9 Å². The second-order valence-corrected chi connectivity index (χ2v) is 8.15. The van der Waals surface area contributed by atoms with Gasteiger partial charge in [-0.2, -0.15) is 10.2 Å². The molecule has 0 unspecified atom stereocenters. The molecule has 0 fully saturated rings. The Kier molecular flexibility index (Phi) is 5.25. The number of benzene rings is 3. The first-order chi connectivity index (χ1) is 14.1. The number of halogens is 1. The maximum atomic E-state index is 15.5. The summed E-state index contributed by atoms with van der Waals surface area (Å²) in [6, 6.07) is 20.9. The Bertz CT molecular complexity index is 1240. The molecule has 4 N–H and O–H groups in total. The molecular formula is C21H14FN5S2. The van der Waals surface area contributed by atoms with Crippen molar-refractivity contribution in [3.63, 3.8) is 0 Å². The lowest BCUT2D eigenvalue weighted by atomic mass is 10.1. The molecule has 29 heavy (non-hydrogen) atoms. The fraction of sp³-hybridized carbons (Fsp3) is 0. The summed E-state index contributed by atoms with van der Waals surface area (Å²) in [6.07, 6.45) is 0. The minimum atomic E-state index is -0.636. The molecule has 0 saturated heterocycles. The van der Waals surface area contributed by atoms with Gasteiger partial charge in [-0.1, -0.05) is 59.9 Å². The first kappa shape index (κ1) is 19.1. The lowest BCUT2D eigenvalue weighted by molar-refractivity contribution is 0.609. The van der Waals surface area contributed by atoms with Crippen molar-refractivity contribution < 1.29 is 4.39 Å². The number of rotatable bonds is 4. The molecule has 0 bridgehead atoms. The fourth-order valence-electron chi connectivity index (χ4n) is 2.84. The fourth-order valence-corrected chi connectivity index (χ4v) is 4.95. The van der Waals surface area contributed by atoms with E-state index >= 15 is 4.39 Å². The molecular weight excluding hydrogens is 405 g/mol. The quantitative estimate of drug-likeness (QED) is 0.474. The van der Waals surface area contributed by atoms with E-state index in [2.05, 4.69) is 16.0 Å². The van der Waals surface area contributed by atoms with Gasteiger partial charge in [0.05, 0.1) is 15.8 Å². The molecule has 0 aliphatic heterocycles. The highest BCUT2D eigenvalue weighted by Crippen LogP contribution is 2.45. The van der Waals surface area contributed by atoms with Crippen molar-refractivity contribution in [2.75, 3.05) is 11.5 Å². The van der Waals surface area contributed by atoms with Gasteiger partial charge in [-0.15, -0.1) is 0 Å². The summed E-state index contributed by atoms with van der Waals surface area (Å²) in [6.45, 7) is 0. The van der Waals surface area contributed by atoms with Crippen molar-refractivity contribution in [1.29, 1.82) is 5.26 Å². The van der Waals surface area contributed by atoms with Crippen LogP contribution in [0.2, 0.25) is 0 Å². The van der Waals surface area contributed by atoms with Gasteiger partial charge in [0.25, 0.3) is 0 Å². The van der Waals surface area contributed by atoms with Gasteiger partial charge in [0, 0.05) is 14.7 Å². The first-order valence-corrected chi connectivity index (χ1v) is 10.2. The summed E-state index contributed by atoms with van der Waals surface area (Å²) in [4.78, 5) is 10.4. The van der Waals surface area contributed by atoms with Crippen molar-refractivity contribution in [3.05, 3.63) is 72.0 Å².